The predicted molar refractivity (Wildman–Crippen MR) is 79.1 cm³/mol. The lowest BCUT2D eigenvalue weighted by atomic mass is 10.1. The molecule has 2 rings (SSSR count). The van der Waals surface area contributed by atoms with Crippen molar-refractivity contribution >= 4 is 5.69 Å². The molecule has 0 fully saturated rings. The molecule has 0 aromatic heterocycles. The first-order valence-corrected chi connectivity index (χ1v) is 6.53. The topological polar surface area (TPSA) is 27.0 Å². The van der Waals surface area contributed by atoms with Crippen LogP contribution in [-0.4, -0.2) is 6.54 Å². The fraction of sp³-hybridized carbons (Fsp3) is 0.235. The van der Waals surface area contributed by atoms with Crippen molar-refractivity contribution in [3.8, 4) is 6.07 Å². The first-order valence-electron chi connectivity index (χ1n) is 6.53. The van der Waals surface area contributed by atoms with Crippen molar-refractivity contribution in [3.05, 3.63) is 65.2 Å². The van der Waals surface area contributed by atoms with Crippen LogP contribution in [0.5, 0.6) is 0 Å². The molecule has 0 unspecified atom stereocenters. The Labute approximate surface area is 114 Å². The number of nitriles is 1. The third kappa shape index (κ3) is 3.35. The molecule has 96 valence electrons. The lowest BCUT2D eigenvalue weighted by Crippen LogP contribution is -2.21. The van der Waals surface area contributed by atoms with E-state index >= 15 is 0 Å². The summed E-state index contributed by atoms with van der Waals surface area (Å²) in [6.07, 6.45) is 0. The highest BCUT2D eigenvalue weighted by molar-refractivity contribution is 5.49. The van der Waals surface area contributed by atoms with Gasteiger partial charge in [-0.1, -0.05) is 24.3 Å². The highest BCUT2D eigenvalue weighted by Gasteiger charge is 2.05. The Kier molecular flexibility index (Phi) is 4.20. The van der Waals surface area contributed by atoms with E-state index in [2.05, 4.69) is 49.1 Å². The maximum atomic E-state index is 8.80. The fourth-order valence-electron chi connectivity index (χ4n) is 2.12. The molecule has 0 amide bonds. The van der Waals surface area contributed by atoms with E-state index in [0.717, 1.165) is 13.1 Å². The average molecular weight is 250 g/mol. The lowest BCUT2D eigenvalue weighted by molar-refractivity contribution is 0.831. The van der Waals surface area contributed by atoms with Crippen molar-refractivity contribution in [1.82, 2.24) is 0 Å². The fourth-order valence-corrected chi connectivity index (χ4v) is 2.12. The second kappa shape index (κ2) is 6.06. The van der Waals surface area contributed by atoms with Gasteiger partial charge >= 0.3 is 0 Å². The van der Waals surface area contributed by atoms with E-state index in [9.17, 15) is 0 Å². The van der Waals surface area contributed by atoms with E-state index in [1.54, 1.807) is 0 Å². The summed E-state index contributed by atoms with van der Waals surface area (Å²) in [4.78, 5) is 2.33. The van der Waals surface area contributed by atoms with Gasteiger partial charge in [0.2, 0.25) is 0 Å². The molecule has 0 aliphatic rings. The molecule has 19 heavy (non-hydrogen) atoms. The van der Waals surface area contributed by atoms with Gasteiger partial charge in [0.15, 0.2) is 0 Å². The van der Waals surface area contributed by atoms with E-state index in [1.165, 1.54) is 16.8 Å². The van der Waals surface area contributed by atoms with Gasteiger partial charge in [0, 0.05) is 18.8 Å². The summed E-state index contributed by atoms with van der Waals surface area (Å²) in [5.74, 6) is 0. The highest BCUT2D eigenvalue weighted by Crippen LogP contribution is 2.18. The highest BCUT2D eigenvalue weighted by atomic mass is 15.1. The molecular formula is C17H18N2. The van der Waals surface area contributed by atoms with E-state index in [0.29, 0.717) is 5.56 Å². The smallest absolute Gasteiger partial charge is 0.0991 e. The van der Waals surface area contributed by atoms with Gasteiger partial charge in [-0.25, -0.2) is 0 Å². The Bertz CT molecular complexity index is 579. The summed E-state index contributed by atoms with van der Waals surface area (Å²) in [6, 6.07) is 18.5. The van der Waals surface area contributed by atoms with Crippen molar-refractivity contribution in [2.45, 2.75) is 20.4 Å². The molecule has 0 N–H and O–H groups in total. The number of anilines is 1. The average Bonchev–Trinajstić information content (AvgIpc) is 2.45. The predicted octanol–water partition coefficient (Wildman–Crippen LogP) is 3.89. The van der Waals surface area contributed by atoms with Crippen LogP contribution in [0.25, 0.3) is 0 Å². The van der Waals surface area contributed by atoms with Crippen LogP contribution >= 0.6 is 0 Å². The zero-order valence-corrected chi connectivity index (χ0v) is 11.4. The molecular weight excluding hydrogens is 232 g/mol. The maximum absolute atomic E-state index is 8.80. The molecule has 2 aromatic carbocycles. The number of rotatable bonds is 4. The minimum absolute atomic E-state index is 0.711. The van der Waals surface area contributed by atoms with Crippen LogP contribution in [0.15, 0.2) is 48.5 Å². The SMILES string of the molecule is CCN(Cc1ccc(C#N)cc1)c1cccc(C)c1. The maximum Gasteiger partial charge on any atom is 0.0991 e. The van der Waals surface area contributed by atoms with Gasteiger partial charge in [0.05, 0.1) is 11.6 Å². The molecule has 2 aromatic rings. The lowest BCUT2D eigenvalue weighted by Gasteiger charge is -2.23. The van der Waals surface area contributed by atoms with Gasteiger partial charge in [-0.3, -0.25) is 0 Å². The first kappa shape index (κ1) is 13.2. The Hall–Kier alpha value is -2.27. The molecule has 0 bridgehead atoms. The van der Waals surface area contributed by atoms with Crippen LogP contribution in [0, 0.1) is 18.3 Å². The Morgan fingerprint density at radius 1 is 1.11 bits per heavy atom. The van der Waals surface area contributed by atoms with Crippen molar-refractivity contribution < 1.29 is 0 Å². The number of hydrogen-bond acceptors (Lipinski definition) is 2. The van der Waals surface area contributed by atoms with Crippen molar-refractivity contribution in [1.29, 1.82) is 5.26 Å². The minimum atomic E-state index is 0.711. The van der Waals surface area contributed by atoms with Crippen LogP contribution in [-0.2, 0) is 6.54 Å². The number of aryl methyl sites for hydroxylation is 1. The summed E-state index contributed by atoms with van der Waals surface area (Å²) in [5.41, 5.74) is 4.45. The van der Waals surface area contributed by atoms with E-state index in [4.69, 9.17) is 5.26 Å². The normalized spacial score (nSPS) is 9.95. The summed E-state index contributed by atoms with van der Waals surface area (Å²) in [7, 11) is 0. The Balaban J connectivity index is 2.17. The molecule has 0 aliphatic carbocycles. The third-order valence-electron chi connectivity index (χ3n) is 3.20. The van der Waals surface area contributed by atoms with Crippen LogP contribution in [0.2, 0.25) is 0 Å². The van der Waals surface area contributed by atoms with Crippen LogP contribution in [0.4, 0.5) is 5.69 Å². The Morgan fingerprint density at radius 3 is 2.42 bits per heavy atom. The number of hydrogen-bond donors (Lipinski definition) is 0. The monoisotopic (exact) mass is 250 g/mol. The quantitative estimate of drug-likeness (QED) is 0.823. The van der Waals surface area contributed by atoms with Crippen LogP contribution in [0.1, 0.15) is 23.6 Å². The van der Waals surface area contributed by atoms with Gasteiger partial charge in [-0.15, -0.1) is 0 Å². The molecule has 0 radical (unpaired) electrons. The van der Waals surface area contributed by atoms with Gasteiger partial charge < -0.3 is 4.90 Å². The number of benzene rings is 2. The molecule has 0 saturated heterocycles. The van der Waals surface area contributed by atoms with Crippen LogP contribution in [0.3, 0.4) is 0 Å². The van der Waals surface area contributed by atoms with Gasteiger partial charge in [0.1, 0.15) is 0 Å². The molecule has 0 spiro atoms. The second-order valence-corrected chi connectivity index (χ2v) is 4.66. The van der Waals surface area contributed by atoms with Crippen LogP contribution < -0.4 is 4.90 Å². The minimum Gasteiger partial charge on any atom is -0.367 e. The number of nitrogens with zero attached hydrogens (tertiary/aromatic N) is 2. The first-order chi connectivity index (χ1) is 9.22. The zero-order chi connectivity index (χ0) is 13.7. The Morgan fingerprint density at radius 2 is 1.84 bits per heavy atom. The zero-order valence-electron chi connectivity index (χ0n) is 11.4. The van der Waals surface area contributed by atoms with Gasteiger partial charge in [0.25, 0.3) is 0 Å². The van der Waals surface area contributed by atoms with Gasteiger partial charge in [-0.2, -0.15) is 5.26 Å². The van der Waals surface area contributed by atoms with E-state index in [-0.39, 0.29) is 0 Å². The molecule has 2 nitrogen and oxygen atoms in total. The summed E-state index contributed by atoms with van der Waals surface area (Å²) < 4.78 is 0. The molecule has 0 heterocycles. The van der Waals surface area contributed by atoms with Gasteiger partial charge in [-0.05, 0) is 49.2 Å². The molecule has 0 aliphatic heterocycles. The summed E-state index contributed by atoms with van der Waals surface area (Å²) >= 11 is 0. The van der Waals surface area contributed by atoms with Crippen molar-refractivity contribution in [3.63, 3.8) is 0 Å². The molecule has 2 heteroatoms. The summed E-state index contributed by atoms with van der Waals surface area (Å²) in [5, 5.41) is 8.80. The largest absolute Gasteiger partial charge is 0.367 e. The summed E-state index contributed by atoms with van der Waals surface area (Å²) in [6.45, 7) is 6.10. The van der Waals surface area contributed by atoms with E-state index in [1.807, 2.05) is 24.3 Å². The molecule has 0 atom stereocenters. The van der Waals surface area contributed by atoms with Crippen molar-refractivity contribution in [2.75, 3.05) is 11.4 Å². The standard InChI is InChI=1S/C17H18N2/c1-3-19(17-6-4-5-14(2)11-17)13-16-9-7-15(12-18)8-10-16/h4-11H,3,13H2,1-2H3. The van der Waals surface area contributed by atoms with Crippen molar-refractivity contribution in [2.24, 2.45) is 0 Å². The van der Waals surface area contributed by atoms with E-state index < -0.39 is 0 Å². The third-order valence-corrected chi connectivity index (χ3v) is 3.20. The molecule has 0 saturated carbocycles. The second-order valence-electron chi connectivity index (χ2n) is 4.66.